The molecule has 0 heterocycles. The summed E-state index contributed by atoms with van der Waals surface area (Å²) in [6.07, 6.45) is 1.27. The molecular weight excluding hydrogens is 232 g/mol. The van der Waals surface area contributed by atoms with Crippen LogP contribution in [0.15, 0.2) is 0 Å². The molecular formula is C13H24N2O3. The summed E-state index contributed by atoms with van der Waals surface area (Å²) in [6, 6.07) is 2.11. The highest BCUT2D eigenvalue weighted by Gasteiger charge is 2.34. The second-order valence-corrected chi connectivity index (χ2v) is 4.43. The fourth-order valence-electron chi connectivity index (χ4n) is 1.54. The number of carbonyl (C=O) groups is 1. The van der Waals surface area contributed by atoms with Crippen molar-refractivity contribution in [2.45, 2.75) is 26.7 Å². The number of methoxy groups -OCH3 is 2. The summed E-state index contributed by atoms with van der Waals surface area (Å²) in [6.45, 7) is 5.72. The number of nitrogens with zero attached hydrogens (tertiary/aromatic N) is 2. The van der Waals surface area contributed by atoms with Crippen molar-refractivity contribution in [3.05, 3.63) is 0 Å². The van der Waals surface area contributed by atoms with Crippen LogP contribution in [0, 0.1) is 16.7 Å². The van der Waals surface area contributed by atoms with E-state index in [1.165, 1.54) is 0 Å². The van der Waals surface area contributed by atoms with Crippen molar-refractivity contribution in [3.63, 3.8) is 0 Å². The molecule has 0 bridgehead atoms. The lowest BCUT2D eigenvalue weighted by molar-refractivity contribution is -0.139. The van der Waals surface area contributed by atoms with Gasteiger partial charge >= 0.3 is 0 Å². The lowest BCUT2D eigenvalue weighted by Gasteiger charge is -2.29. The van der Waals surface area contributed by atoms with E-state index in [9.17, 15) is 4.79 Å². The van der Waals surface area contributed by atoms with Gasteiger partial charge < -0.3 is 14.4 Å². The summed E-state index contributed by atoms with van der Waals surface area (Å²) < 4.78 is 9.98. The van der Waals surface area contributed by atoms with Crippen LogP contribution in [0.4, 0.5) is 0 Å². The smallest absolute Gasteiger partial charge is 0.242 e. The topological polar surface area (TPSA) is 62.6 Å². The molecule has 104 valence electrons. The standard InChI is InChI=1S/C13H24N2O3/c1-5-13(2,11-14)12(16)15(8-10-18-4)7-6-9-17-3/h5-10H2,1-4H3. The van der Waals surface area contributed by atoms with E-state index >= 15 is 0 Å². The van der Waals surface area contributed by atoms with E-state index in [4.69, 9.17) is 14.7 Å². The molecule has 0 N–H and O–H groups in total. The quantitative estimate of drug-likeness (QED) is 0.586. The minimum absolute atomic E-state index is 0.124. The third-order valence-electron chi connectivity index (χ3n) is 3.05. The van der Waals surface area contributed by atoms with Gasteiger partial charge in [-0.15, -0.1) is 0 Å². The molecule has 0 aliphatic carbocycles. The third-order valence-corrected chi connectivity index (χ3v) is 3.05. The van der Waals surface area contributed by atoms with E-state index in [2.05, 4.69) is 6.07 Å². The molecule has 5 nitrogen and oxygen atoms in total. The second-order valence-electron chi connectivity index (χ2n) is 4.43. The lowest BCUT2D eigenvalue weighted by atomic mass is 9.87. The first-order valence-electron chi connectivity index (χ1n) is 6.24. The predicted octanol–water partition coefficient (Wildman–Crippen LogP) is 1.44. The van der Waals surface area contributed by atoms with Crippen LogP contribution in [0.2, 0.25) is 0 Å². The molecule has 0 fully saturated rings. The lowest BCUT2D eigenvalue weighted by Crippen LogP contribution is -2.43. The summed E-state index contributed by atoms with van der Waals surface area (Å²) in [5.74, 6) is -0.124. The van der Waals surface area contributed by atoms with Crippen LogP contribution in [-0.2, 0) is 14.3 Å². The highest BCUT2D eigenvalue weighted by molar-refractivity contribution is 5.85. The Bertz CT molecular complexity index is 288. The van der Waals surface area contributed by atoms with Crippen molar-refractivity contribution in [1.29, 1.82) is 5.26 Å². The predicted molar refractivity (Wildman–Crippen MR) is 69.0 cm³/mol. The number of carbonyl (C=O) groups excluding carboxylic acids is 1. The summed E-state index contributed by atoms with van der Waals surface area (Å²) in [4.78, 5) is 14.0. The van der Waals surface area contributed by atoms with Crippen molar-refractivity contribution in [3.8, 4) is 6.07 Å². The molecule has 1 amide bonds. The van der Waals surface area contributed by atoms with Crippen LogP contribution < -0.4 is 0 Å². The van der Waals surface area contributed by atoms with Gasteiger partial charge in [-0.2, -0.15) is 5.26 Å². The second kappa shape index (κ2) is 8.90. The van der Waals surface area contributed by atoms with E-state index < -0.39 is 5.41 Å². The van der Waals surface area contributed by atoms with E-state index in [0.29, 0.717) is 32.7 Å². The summed E-state index contributed by atoms with van der Waals surface area (Å²) in [7, 11) is 3.23. The van der Waals surface area contributed by atoms with Gasteiger partial charge in [0.15, 0.2) is 0 Å². The van der Waals surface area contributed by atoms with Gasteiger partial charge in [-0.1, -0.05) is 6.92 Å². The first-order valence-corrected chi connectivity index (χ1v) is 6.24. The van der Waals surface area contributed by atoms with Gasteiger partial charge in [-0.3, -0.25) is 4.79 Å². The van der Waals surface area contributed by atoms with Crippen LogP contribution in [0.3, 0.4) is 0 Å². The number of hydrogen-bond donors (Lipinski definition) is 0. The Balaban J connectivity index is 4.62. The molecule has 0 aliphatic heterocycles. The zero-order chi connectivity index (χ0) is 14.0. The average Bonchev–Trinajstić information content (AvgIpc) is 2.41. The van der Waals surface area contributed by atoms with Gasteiger partial charge in [-0.25, -0.2) is 0 Å². The Kier molecular flexibility index (Phi) is 8.34. The molecule has 5 heteroatoms. The maximum absolute atomic E-state index is 12.3. The molecule has 0 aromatic rings. The number of amides is 1. The molecule has 0 saturated heterocycles. The minimum Gasteiger partial charge on any atom is -0.385 e. The fraction of sp³-hybridized carbons (Fsp3) is 0.846. The van der Waals surface area contributed by atoms with Gasteiger partial charge in [0.1, 0.15) is 5.41 Å². The Morgan fingerprint density at radius 3 is 2.33 bits per heavy atom. The molecule has 1 atom stereocenters. The molecule has 0 aromatic heterocycles. The molecule has 0 rings (SSSR count). The first kappa shape index (κ1) is 16.9. The number of rotatable bonds is 9. The van der Waals surface area contributed by atoms with Crippen LogP contribution in [0.5, 0.6) is 0 Å². The van der Waals surface area contributed by atoms with Gasteiger partial charge in [0, 0.05) is 33.9 Å². The largest absolute Gasteiger partial charge is 0.385 e. The molecule has 0 spiro atoms. The molecule has 0 saturated carbocycles. The van der Waals surface area contributed by atoms with Crippen molar-refractivity contribution < 1.29 is 14.3 Å². The Labute approximate surface area is 110 Å². The third kappa shape index (κ3) is 5.03. The molecule has 0 aliphatic rings. The summed E-state index contributed by atoms with van der Waals surface area (Å²) in [5.41, 5.74) is -0.944. The van der Waals surface area contributed by atoms with Crippen LogP contribution in [0.1, 0.15) is 26.7 Å². The van der Waals surface area contributed by atoms with Crippen LogP contribution >= 0.6 is 0 Å². The van der Waals surface area contributed by atoms with E-state index in [1.54, 1.807) is 26.0 Å². The van der Waals surface area contributed by atoms with Crippen molar-refractivity contribution >= 4 is 5.91 Å². The van der Waals surface area contributed by atoms with E-state index in [0.717, 1.165) is 6.42 Å². The van der Waals surface area contributed by atoms with Gasteiger partial charge in [-0.05, 0) is 19.8 Å². The van der Waals surface area contributed by atoms with Crippen LogP contribution in [-0.4, -0.2) is 51.3 Å². The number of ether oxygens (including phenoxy) is 2. The SMILES string of the molecule is CCC(C)(C#N)C(=O)N(CCCOC)CCOC. The Hall–Kier alpha value is -1.12. The maximum Gasteiger partial charge on any atom is 0.242 e. The minimum atomic E-state index is -0.944. The normalized spacial score (nSPS) is 13.7. The highest BCUT2D eigenvalue weighted by Crippen LogP contribution is 2.23. The number of hydrogen-bond acceptors (Lipinski definition) is 4. The summed E-state index contributed by atoms with van der Waals surface area (Å²) >= 11 is 0. The molecule has 1 unspecified atom stereocenters. The van der Waals surface area contributed by atoms with Gasteiger partial charge in [0.05, 0.1) is 12.7 Å². The molecule has 0 radical (unpaired) electrons. The highest BCUT2D eigenvalue weighted by atomic mass is 16.5. The molecule has 0 aromatic carbocycles. The van der Waals surface area contributed by atoms with Crippen molar-refractivity contribution in [2.75, 3.05) is 40.5 Å². The van der Waals surface area contributed by atoms with Crippen molar-refractivity contribution in [1.82, 2.24) is 4.90 Å². The Morgan fingerprint density at radius 1 is 1.28 bits per heavy atom. The summed E-state index contributed by atoms with van der Waals surface area (Å²) in [5, 5.41) is 9.15. The fourth-order valence-corrected chi connectivity index (χ4v) is 1.54. The zero-order valence-corrected chi connectivity index (χ0v) is 11.9. The zero-order valence-electron chi connectivity index (χ0n) is 11.9. The van der Waals surface area contributed by atoms with Crippen LogP contribution in [0.25, 0.3) is 0 Å². The van der Waals surface area contributed by atoms with E-state index in [1.807, 2.05) is 6.92 Å². The van der Waals surface area contributed by atoms with Gasteiger partial charge in [0.2, 0.25) is 5.91 Å². The van der Waals surface area contributed by atoms with E-state index in [-0.39, 0.29) is 5.91 Å². The Morgan fingerprint density at radius 2 is 1.89 bits per heavy atom. The molecule has 18 heavy (non-hydrogen) atoms. The number of nitriles is 1. The average molecular weight is 256 g/mol. The maximum atomic E-state index is 12.3. The first-order chi connectivity index (χ1) is 8.55. The monoisotopic (exact) mass is 256 g/mol. The van der Waals surface area contributed by atoms with Crippen molar-refractivity contribution in [2.24, 2.45) is 5.41 Å². The van der Waals surface area contributed by atoms with Gasteiger partial charge in [0.25, 0.3) is 0 Å².